The fourth-order valence-electron chi connectivity index (χ4n) is 2.59. The van der Waals surface area contributed by atoms with E-state index < -0.39 is 0 Å². The quantitative estimate of drug-likeness (QED) is 0.775. The Balaban J connectivity index is 1.55. The molecule has 0 bridgehead atoms. The third-order valence-corrected chi connectivity index (χ3v) is 3.72. The molecule has 5 heteroatoms. The largest absolute Gasteiger partial charge is 0.361 e. The minimum Gasteiger partial charge on any atom is -0.361 e. The maximum absolute atomic E-state index is 11.9. The highest BCUT2D eigenvalue weighted by molar-refractivity contribution is 5.89. The Morgan fingerprint density at radius 3 is 3.00 bits per heavy atom. The summed E-state index contributed by atoms with van der Waals surface area (Å²) in [4.78, 5) is 26.2. The molecule has 3 rings (SSSR count). The summed E-state index contributed by atoms with van der Waals surface area (Å²) in [6.45, 7) is 1.04. The molecule has 2 amide bonds. The molecule has 5 nitrogen and oxygen atoms in total. The van der Waals surface area contributed by atoms with Gasteiger partial charge in [0, 0.05) is 36.6 Å². The van der Waals surface area contributed by atoms with E-state index in [0.29, 0.717) is 19.5 Å². The normalized spacial score (nSPS) is 18.2. The molecule has 1 aliphatic heterocycles. The molecule has 1 unspecified atom stereocenters. The summed E-state index contributed by atoms with van der Waals surface area (Å²) >= 11 is 0. The number of benzene rings is 1. The van der Waals surface area contributed by atoms with Crippen molar-refractivity contribution in [1.29, 1.82) is 0 Å². The molecule has 2 aromatic rings. The molecule has 0 spiro atoms. The van der Waals surface area contributed by atoms with E-state index in [1.165, 1.54) is 10.9 Å². The number of carbonyl (C=O) groups excluding carboxylic acids is 2. The van der Waals surface area contributed by atoms with Gasteiger partial charge in [0.25, 0.3) is 0 Å². The Bertz CT molecular complexity index is 647. The van der Waals surface area contributed by atoms with Gasteiger partial charge in [0.2, 0.25) is 11.8 Å². The number of hydrogen-bond donors (Lipinski definition) is 3. The van der Waals surface area contributed by atoms with E-state index in [4.69, 9.17) is 0 Å². The molecule has 1 aromatic carbocycles. The molecule has 1 aliphatic rings. The topological polar surface area (TPSA) is 74.0 Å². The summed E-state index contributed by atoms with van der Waals surface area (Å²) in [5, 5.41) is 6.77. The average molecular weight is 271 g/mol. The molecule has 1 aromatic heterocycles. The van der Waals surface area contributed by atoms with E-state index in [1.807, 2.05) is 24.4 Å². The fourth-order valence-corrected chi connectivity index (χ4v) is 2.59. The maximum Gasteiger partial charge on any atom is 0.225 e. The van der Waals surface area contributed by atoms with Crippen molar-refractivity contribution < 1.29 is 9.59 Å². The van der Waals surface area contributed by atoms with Gasteiger partial charge in [-0.05, 0) is 18.1 Å². The number of aromatic nitrogens is 1. The zero-order valence-corrected chi connectivity index (χ0v) is 11.1. The van der Waals surface area contributed by atoms with Gasteiger partial charge in [-0.3, -0.25) is 9.59 Å². The second-order valence-corrected chi connectivity index (χ2v) is 5.11. The molecular weight excluding hydrogens is 254 g/mol. The lowest BCUT2D eigenvalue weighted by Crippen LogP contribution is -2.33. The second-order valence-electron chi connectivity index (χ2n) is 5.11. The monoisotopic (exact) mass is 271 g/mol. The lowest BCUT2D eigenvalue weighted by atomic mass is 10.1. The van der Waals surface area contributed by atoms with E-state index >= 15 is 0 Å². The average Bonchev–Trinajstić information content (AvgIpc) is 3.06. The first kappa shape index (κ1) is 12.7. The molecule has 0 aliphatic carbocycles. The van der Waals surface area contributed by atoms with Crippen LogP contribution in [0.3, 0.4) is 0 Å². The third kappa shape index (κ3) is 2.52. The van der Waals surface area contributed by atoms with E-state index in [9.17, 15) is 9.59 Å². The van der Waals surface area contributed by atoms with Crippen LogP contribution in [0.25, 0.3) is 10.9 Å². The molecule has 1 fully saturated rings. The zero-order valence-electron chi connectivity index (χ0n) is 11.1. The van der Waals surface area contributed by atoms with Gasteiger partial charge in [-0.1, -0.05) is 18.2 Å². The van der Waals surface area contributed by atoms with Crippen molar-refractivity contribution in [2.45, 2.75) is 12.8 Å². The van der Waals surface area contributed by atoms with Crippen LogP contribution in [0, 0.1) is 5.92 Å². The number of para-hydroxylation sites is 1. The molecule has 0 saturated carbocycles. The number of H-pyrrole nitrogens is 1. The molecule has 20 heavy (non-hydrogen) atoms. The van der Waals surface area contributed by atoms with Crippen molar-refractivity contribution in [1.82, 2.24) is 15.6 Å². The molecule has 1 atom stereocenters. The van der Waals surface area contributed by atoms with Crippen LogP contribution in [0.2, 0.25) is 0 Å². The van der Waals surface area contributed by atoms with E-state index in [2.05, 4.69) is 21.7 Å². The van der Waals surface area contributed by atoms with Crippen molar-refractivity contribution in [3.8, 4) is 0 Å². The van der Waals surface area contributed by atoms with Crippen LogP contribution in [0.4, 0.5) is 0 Å². The maximum atomic E-state index is 11.9. The lowest BCUT2D eigenvalue weighted by molar-refractivity contribution is -0.126. The summed E-state index contributed by atoms with van der Waals surface area (Å²) in [5.41, 5.74) is 2.31. The van der Waals surface area contributed by atoms with E-state index in [0.717, 1.165) is 11.9 Å². The SMILES string of the molecule is O=C1CC(C(=O)NCCc2c[nH]c3ccccc23)CN1. The van der Waals surface area contributed by atoms with Gasteiger partial charge in [-0.2, -0.15) is 0 Å². The number of fused-ring (bicyclic) bond motifs is 1. The summed E-state index contributed by atoms with van der Waals surface area (Å²) in [6.07, 6.45) is 3.07. The number of nitrogens with one attached hydrogen (secondary N) is 3. The summed E-state index contributed by atoms with van der Waals surface area (Å²) in [6, 6.07) is 8.11. The molecule has 0 radical (unpaired) electrons. The fraction of sp³-hybridized carbons (Fsp3) is 0.333. The zero-order chi connectivity index (χ0) is 13.9. The van der Waals surface area contributed by atoms with E-state index in [-0.39, 0.29) is 17.7 Å². The summed E-state index contributed by atoms with van der Waals surface area (Å²) in [7, 11) is 0. The van der Waals surface area contributed by atoms with Gasteiger partial charge in [-0.15, -0.1) is 0 Å². The standard InChI is InChI=1S/C15H17N3O2/c19-14-7-11(9-18-14)15(20)16-6-5-10-8-17-13-4-2-1-3-12(10)13/h1-4,8,11,17H,5-7,9H2,(H,16,20)(H,18,19). The number of amides is 2. The number of hydrogen-bond acceptors (Lipinski definition) is 2. The van der Waals surface area contributed by atoms with Gasteiger partial charge in [0.15, 0.2) is 0 Å². The minimum absolute atomic E-state index is 0.0387. The Morgan fingerprint density at radius 1 is 1.35 bits per heavy atom. The first-order valence-corrected chi connectivity index (χ1v) is 6.83. The Labute approximate surface area is 116 Å². The summed E-state index contributed by atoms with van der Waals surface area (Å²) < 4.78 is 0. The predicted octanol–water partition coefficient (Wildman–Crippen LogP) is 0.963. The van der Waals surface area contributed by atoms with Crippen molar-refractivity contribution in [2.24, 2.45) is 5.92 Å². The predicted molar refractivity (Wildman–Crippen MR) is 76.1 cm³/mol. The van der Waals surface area contributed by atoms with Crippen LogP contribution in [-0.4, -0.2) is 29.9 Å². The second kappa shape index (κ2) is 5.36. The van der Waals surface area contributed by atoms with Crippen LogP contribution in [0.15, 0.2) is 30.5 Å². The Morgan fingerprint density at radius 2 is 2.20 bits per heavy atom. The first-order valence-electron chi connectivity index (χ1n) is 6.83. The minimum atomic E-state index is -0.217. The third-order valence-electron chi connectivity index (χ3n) is 3.72. The highest BCUT2D eigenvalue weighted by Gasteiger charge is 2.27. The van der Waals surface area contributed by atoms with E-state index in [1.54, 1.807) is 0 Å². The number of rotatable bonds is 4. The Hall–Kier alpha value is -2.30. The smallest absolute Gasteiger partial charge is 0.225 e. The van der Waals surface area contributed by atoms with Gasteiger partial charge in [-0.25, -0.2) is 0 Å². The highest BCUT2D eigenvalue weighted by Crippen LogP contribution is 2.17. The van der Waals surface area contributed by atoms with Crippen LogP contribution in [0.1, 0.15) is 12.0 Å². The highest BCUT2D eigenvalue weighted by atomic mass is 16.2. The molecular formula is C15H17N3O2. The molecule has 104 valence electrons. The van der Waals surface area contributed by atoms with Crippen molar-refractivity contribution in [3.05, 3.63) is 36.0 Å². The van der Waals surface area contributed by atoms with Crippen LogP contribution in [0.5, 0.6) is 0 Å². The molecule has 2 heterocycles. The van der Waals surface area contributed by atoms with Crippen molar-refractivity contribution >= 4 is 22.7 Å². The summed E-state index contributed by atoms with van der Waals surface area (Å²) in [5.74, 6) is -0.296. The van der Waals surface area contributed by atoms with Gasteiger partial charge in [0.1, 0.15) is 0 Å². The molecule has 1 saturated heterocycles. The number of aromatic amines is 1. The van der Waals surface area contributed by atoms with Gasteiger partial charge < -0.3 is 15.6 Å². The van der Waals surface area contributed by atoms with Gasteiger partial charge in [0.05, 0.1) is 5.92 Å². The lowest BCUT2D eigenvalue weighted by Gasteiger charge is -2.08. The van der Waals surface area contributed by atoms with Crippen molar-refractivity contribution in [2.75, 3.05) is 13.1 Å². The Kier molecular flexibility index (Phi) is 3.41. The van der Waals surface area contributed by atoms with Crippen molar-refractivity contribution in [3.63, 3.8) is 0 Å². The van der Waals surface area contributed by atoms with Crippen LogP contribution >= 0.6 is 0 Å². The van der Waals surface area contributed by atoms with Crippen LogP contribution in [-0.2, 0) is 16.0 Å². The van der Waals surface area contributed by atoms with Gasteiger partial charge >= 0.3 is 0 Å². The number of carbonyl (C=O) groups is 2. The van der Waals surface area contributed by atoms with Crippen LogP contribution < -0.4 is 10.6 Å². The first-order chi connectivity index (χ1) is 9.74. The molecule has 3 N–H and O–H groups in total.